The third-order valence-corrected chi connectivity index (χ3v) is 2.67. The first-order valence-electron chi connectivity index (χ1n) is 5.36. The summed E-state index contributed by atoms with van der Waals surface area (Å²) in [5, 5.41) is 0. The first-order valence-corrected chi connectivity index (χ1v) is 5.36. The lowest BCUT2D eigenvalue weighted by molar-refractivity contribution is 0.534. The number of benzene rings is 2. The van der Waals surface area contributed by atoms with Gasteiger partial charge in [-0.15, -0.1) is 0 Å². The van der Waals surface area contributed by atoms with Crippen molar-refractivity contribution in [2.24, 2.45) is 0 Å². The number of nitrogens with zero attached hydrogens (tertiary/aromatic N) is 1. The molecule has 0 saturated heterocycles. The largest absolute Gasteiger partial charge is 0.436 e. The Hall–Kier alpha value is -2.50. The van der Waals surface area contributed by atoms with Crippen molar-refractivity contribution < 1.29 is 17.6 Å². The molecule has 1 heterocycles. The maximum Gasteiger partial charge on any atom is 0.233 e. The molecule has 0 aliphatic heterocycles. The molecular weight excluding hydrogens is 257 g/mol. The molecule has 2 N–H and O–H groups in total. The molecule has 0 radical (unpaired) electrons. The van der Waals surface area contributed by atoms with Gasteiger partial charge < -0.3 is 10.2 Å². The number of rotatable bonds is 1. The average Bonchev–Trinajstić information content (AvgIpc) is 2.72. The molecule has 96 valence electrons. The van der Waals surface area contributed by atoms with Gasteiger partial charge in [0.2, 0.25) is 5.89 Å². The van der Waals surface area contributed by atoms with Gasteiger partial charge in [-0.25, -0.2) is 18.2 Å². The highest BCUT2D eigenvalue weighted by molar-refractivity contribution is 5.87. The van der Waals surface area contributed by atoms with E-state index in [4.69, 9.17) is 10.2 Å². The second-order valence-electron chi connectivity index (χ2n) is 3.96. The molecule has 0 spiro atoms. The topological polar surface area (TPSA) is 52.0 Å². The summed E-state index contributed by atoms with van der Waals surface area (Å²) in [7, 11) is 0. The number of nitrogen functional groups attached to an aromatic ring is 1. The van der Waals surface area contributed by atoms with E-state index in [9.17, 15) is 13.2 Å². The summed E-state index contributed by atoms with van der Waals surface area (Å²) in [6, 6.07) is 5.92. The van der Waals surface area contributed by atoms with E-state index >= 15 is 0 Å². The monoisotopic (exact) mass is 264 g/mol. The van der Waals surface area contributed by atoms with E-state index in [0.717, 1.165) is 0 Å². The van der Waals surface area contributed by atoms with Crippen LogP contribution in [0.4, 0.5) is 18.9 Å². The fraction of sp³-hybridized carbons (Fsp3) is 0. The summed E-state index contributed by atoms with van der Waals surface area (Å²) >= 11 is 0. The number of anilines is 1. The van der Waals surface area contributed by atoms with E-state index in [0.29, 0.717) is 28.9 Å². The molecule has 6 heteroatoms. The van der Waals surface area contributed by atoms with Crippen LogP contribution in [0.2, 0.25) is 0 Å². The molecule has 3 rings (SSSR count). The van der Waals surface area contributed by atoms with Gasteiger partial charge in [-0.1, -0.05) is 6.07 Å². The van der Waals surface area contributed by atoms with Crippen LogP contribution in [0.15, 0.2) is 34.7 Å². The minimum atomic E-state index is -1.08. The number of aromatic nitrogens is 1. The Morgan fingerprint density at radius 2 is 1.74 bits per heavy atom. The van der Waals surface area contributed by atoms with Crippen LogP contribution in [-0.2, 0) is 0 Å². The predicted octanol–water partition coefficient (Wildman–Crippen LogP) is 3.49. The van der Waals surface area contributed by atoms with Crippen molar-refractivity contribution in [2.75, 3.05) is 5.73 Å². The van der Waals surface area contributed by atoms with Crippen molar-refractivity contribution in [3.05, 3.63) is 47.8 Å². The Kier molecular flexibility index (Phi) is 2.45. The van der Waals surface area contributed by atoms with E-state index in [1.54, 1.807) is 18.2 Å². The number of para-hydroxylation sites is 1. The Morgan fingerprint density at radius 1 is 1.05 bits per heavy atom. The highest BCUT2D eigenvalue weighted by Crippen LogP contribution is 2.31. The smallest absolute Gasteiger partial charge is 0.233 e. The van der Waals surface area contributed by atoms with Gasteiger partial charge in [-0.3, -0.25) is 0 Å². The zero-order valence-electron chi connectivity index (χ0n) is 9.45. The molecule has 0 aliphatic rings. The molecule has 19 heavy (non-hydrogen) atoms. The van der Waals surface area contributed by atoms with Crippen LogP contribution in [0.1, 0.15) is 0 Å². The Bertz CT molecular complexity index is 760. The highest BCUT2D eigenvalue weighted by atomic mass is 19.1. The SMILES string of the molecule is Nc1cccc2oc(-c3c(F)cc(F)cc3F)nc12. The van der Waals surface area contributed by atoms with Gasteiger partial charge in [0.25, 0.3) is 0 Å². The van der Waals surface area contributed by atoms with Crippen LogP contribution in [0.5, 0.6) is 0 Å². The molecule has 2 aromatic carbocycles. The number of fused-ring (bicyclic) bond motifs is 1. The Balaban J connectivity index is 2.28. The van der Waals surface area contributed by atoms with E-state index in [-0.39, 0.29) is 5.89 Å². The Morgan fingerprint density at radius 3 is 2.37 bits per heavy atom. The van der Waals surface area contributed by atoms with Crippen molar-refractivity contribution in [3.8, 4) is 11.5 Å². The van der Waals surface area contributed by atoms with Crippen LogP contribution in [0, 0.1) is 17.5 Å². The summed E-state index contributed by atoms with van der Waals surface area (Å²) in [6.45, 7) is 0. The molecular formula is C13H7F3N2O. The lowest BCUT2D eigenvalue weighted by atomic mass is 10.2. The zero-order chi connectivity index (χ0) is 13.6. The van der Waals surface area contributed by atoms with Crippen molar-refractivity contribution >= 4 is 16.8 Å². The second-order valence-corrected chi connectivity index (χ2v) is 3.96. The van der Waals surface area contributed by atoms with E-state index < -0.39 is 23.0 Å². The molecule has 0 saturated carbocycles. The summed E-state index contributed by atoms with van der Waals surface area (Å²) in [5.74, 6) is -3.44. The molecule has 0 atom stereocenters. The lowest BCUT2D eigenvalue weighted by Gasteiger charge is -2.00. The van der Waals surface area contributed by atoms with Gasteiger partial charge >= 0.3 is 0 Å². The fourth-order valence-corrected chi connectivity index (χ4v) is 1.82. The first kappa shape index (κ1) is 11.6. The number of oxazole rings is 1. The zero-order valence-corrected chi connectivity index (χ0v) is 9.45. The molecule has 3 aromatic rings. The van der Waals surface area contributed by atoms with Crippen molar-refractivity contribution in [1.29, 1.82) is 0 Å². The van der Waals surface area contributed by atoms with Gasteiger partial charge in [-0.05, 0) is 12.1 Å². The minimum absolute atomic E-state index is 0.275. The second kappa shape index (κ2) is 4.01. The first-order chi connectivity index (χ1) is 9.06. The van der Waals surface area contributed by atoms with Crippen molar-refractivity contribution in [1.82, 2.24) is 4.98 Å². The summed E-state index contributed by atoms with van der Waals surface area (Å²) < 4.78 is 45.3. The summed E-state index contributed by atoms with van der Waals surface area (Å²) in [5.41, 5.74) is 6.10. The van der Waals surface area contributed by atoms with Gasteiger partial charge in [0.05, 0.1) is 5.69 Å². The predicted molar refractivity (Wildman–Crippen MR) is 63.7 cm³/mol. The van der Waals surface area contributed by atoms with E-state index in [1.165, 1.54) is 0 Å². The fourth-order valence-electron chi connectivity index (χ4n) is 1.82. The normalized spacial score (nSPS) is 11.1. The maximum absolute atomic E-state index is 13.6. The molecule has 0 fully saturated rings. The van der Waals surface area contributed by atoms with E-state index in [2.05, 4.69) is 4.98 Å². The number of hydrogen-bond acceptors (Lipinski definition) is 3. The summed E-state index contributed by atoms with van der Waals surface area (Å²) in [4.78, 5) is 3.94. The third kappa shape index (κ3) is 1.81. The number of halogens is 3. The van der Waals surface area contributed by atoms with Crippen LogP contribution < -0.4 is 5.73 Å². The third-order valence-electron chi connectivity index (χ3n) is 2.67. The lowest BCUT2D eigenvalue weighted by Crippen LogP contribution is -1.92. The number of hydrogen-bond donors (Lipinski definition) is 1. The van der Waals surface area contributed by atoms with Gasteiger partial charge in [0, 0.05) is 12.1 Å². The van der Waals surface area contributed by atoms with Gasteiger partial charge in [-0.2, -0.15) is 0 Å². The van der Waals surface area contributed by atoms with Crippen LogP contribution in [0.25, 0.3) is 22.6 Å². The maximum atomic E-state index is 13.6. The number of nitrogens with two attached hydrogens (primary N) is 1. The van der Waals surface area contributed by atoms with Gasteiger partial charge in [0.1, 0.15) is 28.5 Å². The highest BCUT2D eigenvalue weighted by Gasteiger charge is 2.19. The van der Waals surface area contributed by atoms with Crippen LogP contribution in [-0.4, -0.2) is 4.98 Å². The molecule has 0 unspecified atom stereocenters. The van der Waals surface area contributed by atoms with Crippen LogP contribution in [0.3, 0.4) is 0 Å². The van der Waals surface area contributed by atoms with Crippen molar-refractivity contribution in [3.63, 3.8) is 0 Å². The van der Waals surface area contributed by atoms with Crippen LogP contribution >= 0.6 is 0 Å². The average molecular weight is 264 g/mol. The quantitative estimate of drug-likeness (QED) is 0.684. The summed E-state index contributed by atoms with van der Waals surface area (Å²) in [6.07, 6.45) is 0. The van der Waals surface area contributed by atoms with Gasteiger partial charge in [0.15, 0.2) is 5.58 Å². The standard InChI is InChI=1S/C13H7F3N2O/c14-6-4-7(15)11(8(16)5-6)13-18-12-9(17)2-1-3-10(12)19-13/h1-5H,17H2. The molecule has 1 aromatic heterocycles. The molecule has 3 nitrogen and oxygen atoms in total. The van der Waals surface area contributed by atoms with E-state index in [1.807, 2.05) is 0 Å². The molecule has 0 aliphatic carbocycles. The van der Waals surface area contributed by atoms with Crippen molar-refractivity contribution in [2.45, 2.75) is 0 Å². The molecule has 0 amide bonds. The Labute approximate surface area is 105 Å². The molecule has 0 bridgehead atoms. The minimum Gasteiger partial charge on any atom is -0.436 e.